The van der Waals surface area contributed by atoms with Gasteiger partial charge in [-0.25, -0.2) is 0 Å². The molecule has 1 rings (SSSR count). The monoisotopic (exact) mass is 261 g/mol. The van der Waals surface area contributed by atoms with Crippen LogP contribution in [0.5, 0.6) is 5.75 Å². The summed E-state index contributed by atoms with van der Waals surface area (Å²) < 4.78 is 36.7. The van der Waals surface area contributed by atoms with Crippen LogP contribution in [0.1, 0.15) is 24.2 Å². The number of aromatic hydroxyl groups is 1. The largest absolute Gasteiger partial charge is 0.507 e. The van der Waals surface area contributed by atoms with Crippen LogP contribution in [-0.2, 0) is 0 Å². The molecule has 6 heteroatoms. The van der Waals surface area contributed by atoms with E-state index in [1.54, 1.807) is 0 Å². The predicted octanol–water partition coefficient (Wildman–Crippen LogP) is 2.98. The van der Waals surface area contributed by atoms with E-state index in [0.29, 0.717) is 18.8 Å². The Morgan fingerprint density at radius 3 is 2.22 bits per heavy atom. The molecule has 1 aromatic carbocycles. The number of Topliss-reactive ketones (excluding diaryl/α,β-unsaturated/α-hetero) is 1. The van der Waals surface area contributed by atoms with E-state index in [0.717, 1.165) is 6.07 Å². The van der Waals surface area contributed by atoms with Crippen molar-refractivity contribution in [1.82, 2.24) is 0 Å². The van der Waals surface area contributed by atoms with Gasteiger partial charge in [-0.15, -0.1) is 0 Å². The number of phenols is 1. The molecule has 0 amide bonds. The zero-order chi connectivity index (χ0) is 13.9. The lowest BCUT2D eigenvalue weighted by Crippen LogP contribution is -2.24. The SMILES string of the molecule is CCN(CC)c1ccc(C(=O)C(F)(F)F)c(O)c1. The normalized spacial score (nSPS) is 11.4. The second-order valence-electron chi connectivity index (χ2n) is 3.70. The quantitative estimate of drug-likeness (QED) is 0.847. The number of hydrogen-bond donors (Lipinski definition) is 1. The van der Waals surface area contributed by atoms with Crippen LogP contribution < -0.4 is 4.90 Å². The van der Waals surface area contributed by atoms with Gasteiger partial charge in [-0.3, -0.25) is 4.79 Å². The summed E-state index contributed by atoms with van der Waals surface area (Å²) in [5, 5.41) is 9.52. The van der Waals surface area contributed by atoms with E-state index in [2.05, 4.69) is 0 Å². The molecule has 100 valence electrons. The molecule has 0 aliphatic heterocycles. The zero-order valence-electron chi connectivity index (χ0n) is 10.1. The Labute approximate surface area is 103 Å². The van der Waals surface area contributed by atoms with Gasteiger partial charge in [0.05, 0.1) is 5.56 Å². The fourth-order valence-electron chi connectivity index (χ4n) is 1.65. The number of nitrogens with zero attached hydrogens (tertiary/aromatic N) is 1. The van der Waals surface area contributed by atoms with Crippen molar-refractivity contribution >= 4 is 11.5 Å². The minimum absolute atomic E-state index is 0.580. The van der Waals surface area contributed by atoms with E-state index in [4.69, 9.17) is 0 Å². The molecule has 0 bridgehead atoms. The molecule has 3 nitrogen and oxygen atoms in total. The Morgan fingerprint density at radius 1 is 1.28 bits per heavy atom. The molecular formula is C12H14F3NO2. The first-order chi connectivity index (χ1) is 8.31. The Morgan fingerprint density at radius 2 is 1.83 bits per heavy atom. The standard InChI is InChI=1S/C12H14F3NO2/c1-3-16(4-2)8-5-6-9(10(17)7-8)11(18)12(13,14)15/h5-7,17H,3-4H2,1-2H3. The summed E-state index contributed by atoms with van der Waals surface area (Å²) in [4.78, 5) is 12.9. The van der Waals surface area contributed by atoms with Crippen LogP contribution >= 0.6 is 0 Å². The van der Waals surface area contributed by atoms with E-state index in [1.165, 1.54) is 12.1 Å². The lowest BCUT2D eigenvalue weighted by Gasteiger charge is -2.21. The smallest absolute Gasteiger partial charge is 0.455 e. The fraction of sp³-hybridized carbons (Fsp3) is 0.417. The van der Waals surface area contributed by atoms with Gasteiger partial charge in [-0.2, -0.15) is 13.2 Å². The van der Waals surface area contributed by atoms with E-state index >= 15 is 0 Å². The molecule has 0 unspecified atom stereocenters. The number of ketones is 1. The van der Waals surface area contributed by atoms with Crippen molar-refractivity contribution in [3.05, 3.63) is 23.8 Å². The maximum atomic E-state index is 12.2. The molecule has 18 heavy (non-hydrogen) atoms. The highest BCUT2D eigenvalue weighted by Gasteiger charge is 2.40. The summed E-state index contributed by atoms with van der Waals surface area (Å²) in [6.07, 6.45) is -4.98. The number of alkyl halides is 3. The highest BCUT2D eigenvalue weighted by Crippen LogP contribution is 2.30. The third-order valence-electron chi connectivity index (χ3n) is 2.61. The van der Waals surface area contributed by atoms with E-state index in [1.807, 2.05) is 18.7 Å². The van der Waals surface area contributed by atoms with Gasteiger partial charge >= 0.3 is 6.18 Å². The molecule has 0 fully saturated rings. The number of hydrogen-bond acceptors (Lipinski definition) is 3. The first-order valence-corrected chi connectivity index (χ1v) is 5.50. The molecule has 0 aromatic heterocycles. The van der Waals surface area contributed by atoms with Crippen LogP contribution in [0.4, 0.5) is 18.9 Å². The molecule has 0 atom stereocenters. The number of benzene rings is 1. The number of phenolic OH excluding ortho intramolecular Hbond substituents is 1. The predicted molar refractivity (Wildman–Crippen MR) is 62.1 cm³/mol. The highest BCUT2D eigenvalue weighted by molar-refractivity contribution is 6.02. The number of halogens is 3. The summed E-state index contributed by atoms with van der Waals surface area (Å²) in [5.41, 5.74) is -0.144. The maximum Gasteiger partial charge on any atom is 0.455 e. The lowest BCUT2D eigenvalue weighted by molar-refractivity contribution is -0.0886. The molecule has 1 aromatic rings. The molecule has 0 aliphatic carbocycles. The van der Waals surface area contributed by atoms with Crippen molar-refractivity contribution < 1.29 is 23.1 Å². The van der Waals surface area contributed by atoms with Crippen LogP contribution in [0.25, 0.3) is 0 Å². The summed E-state index contributed by atoms with van der Waals surface area (Å²) in [7, 11) is 0. The third-order valence-corrected chi connectivity index (χ3v) is 2.61. The van der Waals surface area contributed by atoms with Crippen LogP contribution in [-0.4, -0.2) is 30.2 Å². The van der Waals surface area contributed by atoms with Crippen molar-refractivity contribution in [1.29, 1.82) is 0 Å². The molecule has 1 N–H and O–H groups in total. The average molecular weight is 261 g/mol. The Hall–Kier alpha value is -1.72. The molecule has 0 saturated heterocycles. The second-order valence-corrected chi connectivity index (χ2v) is 3.70. The summed E-state index contributed by atoms with van der Waals surface area (Å²) in [5.74, 6) is -2.69. The number of carbonyl (C=O) groups excluding carboxylic acids is 1. The maximum absolute atomic E-state index is 12.2. The van der Waals surface area contributed by atoms with Gasteiger partial charge in [0.15, 0.2) is 0 Å². The minimum Gasteiger partial charge on any atom is -0.507 e. The fourth-order valence-corrected chi connectivity index (χ4v) is 1.65. The van der Waals surface area contributed by atoms with Crippen LogP contribution in [0.3, 0.4) is 0 Å². The zero-order valence-corrected chi connectivity index (χ0v) is 10.1. The average Bonchev–Trinajstić information content (AvgIpc) is 2.29. The van der Waals surface area contributed by atoms with Gasteiger partial charge in [0.1, 0.15) is 5.75 Å². The van der Waals surface area contributed by atoms with Crippen molar-refractivity contribution in [2.45, 2.75) is 20.0 Å². The Bertz CT molecular complexity index is 439. The van der Waals surface area contributed by atoms with Crippen molar-refractivity contribution in [3.8, 4) is 5.75 Å². The van der Waals surface area contributed by atoms with Gasteiger partial charge in [0, 0.05) is 24.8 Å². The van der Waals surface area contributed by atoms with Crippen molar-refractivity contribution in [3.63, 3.8) is 0 Å². The molecule has 0 saturated carbocycles. The van der Waals surface area contributed by atoms with Gasteiger partial charge in [-0.1, -0.05) is 0 Å². The number of anilines is 1. The third kappa shape index (κ3) is 2.94. The minimum atomic E-state index is -4.98. The summed E-state index contributed by atoms with van der Waals surface area (Å²) in [6, 6.07) is 3.57. The van der Waals surface area contributed by atoms with Crippen LogP contribution in [0.2, 0.25) is 0 Å². The Balaban J connectivity index is 3.11. The van der Waals surface area contributed by atoms with E-state index < -0.39 is 23.3 Å². The van der Waals surface area contributed by atoms with Gasteiger partial charge in [-0.05, 0) is 26.0 Å². The van der Waals surface area contributed by atoms with Gasteiger partial charge < -0.3 is 10.0 Å². The first kappa shape index (κ1) is 14.3. The molecule has 0 heterocycles. The molecule has 0 radical (unpaired) electrons. The lowest BCUT2D eigenvalue weighted by atomic mass is 10.1. The van der Waals surface area contributed by atoms with E-state index in [9.17, 15) is 23.1 Å². The Kier molecular flexibility index (Phi) is 4.21. The first-order valence-electron chi connectivity index (χ1n) is 5.50. The van der Waals surface area contributed by atoms with Crippen molar-refractivity contribution in [2.24, 2.45) is 0 Å². The molecular weight excluding hydrogens is 247 g/mol. The van der Waals surface area contributed by atoms with E-state index in [-0.39, 0.29) is 0 Å². The topological polar surface area (TPSA) is 40.5 Å². The second kappa shape index (κ2) is 5.29. The molecule has 0 aliphatic rings. The van der Waals surface area contributed by atoms with Gasteiger partial charge in [0.2, 0.25) is 0 Å². The summed E-state index contributed by atoms with van der Waals surface area (Å²) >= 11 is 0. The summed E-state index contributed by atoms with van der Waals surface area (Å²) in [6.45, 7) is 5.08. The van der Waals surface area contributed by atoms with Crippen LogP contribution in [0, 0.1) is 0 Å². The highest BCUT2D eigenvalue weighted by atomic mass is 19.4. The number of carbonyl (C=O) groups is 1. The number of rotatable bonds is 4. The molecule has 0 spiro atoms. The van der Waals surface area contributed by atoms with Crippen molar-refractivity contribution in [2.75, 3.05) is 18.0 Å². The van der Waals surface area contributed by atoms with Gasteiger partial charge in [0.25, 0.3) is 5.78 Å². The van der Waals surface area contributed by atoms with Crippen LogP contribution in [0.15, 0.2) is 18.2 Å².